The molecule has 1 aliphatic rings. The number of primary amides is 1. The Morgan fingerprint density at radius 3 is 2.40 bits per heavy atom. The van der Waals surface area contributed by atoms with Gasteiger partial charge in [0.1, 0.15) is 36.5 Å². The highest BCUT2D eigenvalue weighted by molar-refractivity contribution is 6.12. The lowest BCUT2D eigenvalue weighted by atomic mass is 10.0. The maximum absolute atomic E-state index is 14.3. The van der Waals surface area contributed by atoms with Crippen LogP contribution in [0, 0.1) is 12.8 Å². The maximum Gasteiger partial charge on any atom is 0.410 e. The van der Waals surface area contributed by atoms with Crippen LogP contribution in [0.15, 0.2) is 116 Å². The minimum absolute atomic E-state index is 0.0604. The van der Waals surface area contributed by atoms with Crippen molar-refractivity contribution in [1.29, 1.82) is 0 Å². The molecule has 8 rings (SSSR count). The Labute approximate surface area is 449 Å². The van der Waals surface area contributed by atoms with Crippen LogP contribution in [0.3, 0.4) is 0 Å². The quantitative estimate of drug-likeness (QED) is 0.0287. The fourth-order valence-electron chi connectivity index (χ4n) is 8.94. The van der Waals surface area contributed by atoms with E-state index in [1.165, 1.54) is 18.5 Å². The number of aryl methyl sites for hydroxylation is 1. The third kappa shape index (κ3) is 14.5. The molecule has 2 aromatic carbocycles. The third-order valence-corrected chi connectivity index (χ3v) is 13.1. The Morgan fingerprint density at radius 2 is 1.63 bits per heavy atom. The van der Waals surface area contributed by atoms with E-state index < -0.39 is 36.0 Å². The second kappa shape index (κ2) is 25.9. The molecule has 0 bridgehead atoms. The molecule has 0 saturated heterocycles. The molecular weight excluding hydrogens is 997 g/mol. The van der Waals surface area contributed by atoms with Gasteiger partial charge in [-0.2, -0.15) is 5.10 Å². The van der Waals surface area contributed by atoms with E-state index in [-0.39, 0.29) is 75.7 Å². The molecule has 22 nitrogen and oxygen atoms in total. The van der Waals surface area contributed by atoms with Gasteiger partial charge in [0.25, 0.3) is 11.8 Å². The summed E-state index contributed by atoms with van der Waals surface area (Å²) >= 11 is 0. The van der Waals surface area contributed by atoms with Gasteiger partial charge >= 0.3 is 12.1 Å². The average molecular weight is 1060 g/mol. The van der Waals surface area contributed by atoms with Gasteiger partial charge in [-0.15, -0.1) is 0 Å². The van der Waals surface area contributed by atoms with Crippen LogP contribution in [-0.4, -0.2) is 118 Å². The molecule has 2 atom stereocenters. The van der Waals surface area contributed by atoms with Crippen LogP contribution in [0.1, 0.15) is 75.0 Å². The smallest absolute Gasteiger partial charge is 0.410 e. The summed E-state index contributed by atoms with van der Waals surface area (Å²) in [7, 11) is 0. The van der Waals surface area contributed by atoms with Crippen LogP contribution in [0.2, 0.25) is 0 Å². The molecule has 0 fully saturated rings. The van der Waals surface area contributed by atoms with E-state index in [1.807, 2.05) is 73.8 Å². The number of nitrogens with two attached hydrogens (primary N) is 1. The number of ether oxygens (including phenoxy) is 1. The second-order valence-corrected chi connectivity index (χ2v) is 19.2. The largest absolute Gasteiger partial charge is 0.445 e. The number of H-pyrrole nitrogens is 1. The molecule has 0 saturated carbocycles. The van der Waals surface area contributed by atoms with E-state index in [0.717, 1.165) is 32.6 Å². The number of imide groups is 1. The number of nitrogens with one attached hydrogen (secondary N) is 5. The number of imidazole rings is 1. The molecular formula is C56H62N14O8. The van der Waals surface area contributed by atoms with Crippen molar-refractivity contribution in [2.45, 2.75) is 91.0 Å². The molecule has 78 heavy (non-hydrogen) atoms. The first kappa shape index (κ1) is 54.9. The first-order valence-electron chi connectivity index (χ1n) is 25.8. The summed E-state index contributed by atoms with van der Waals surface area (Å²) in [5, 5.41) is 16.2. The van der Waals surface area contributed by atoms with Gasteiger partial charge in [-0.25, -0.2) is 24.1 Å². The summed E-state index contributed by atoms with van der Waals surface area (Å²) in [4.78, 5) is 115. The summed E-state index contributed by atoms with van der Waals surface area (Å²) in [5.74, 6) is -2.03. The van der Waals surface area contributed by atoms with Crippen LogP contribution in [-0.2, 0) is 48.3 Å². The first-order valence-corrected chi connectivity index (χ1v) is 25.8. The Bertz CT molecular complexity index is 3310. The number of unbranched alkanes of at least 4 members (excludes halogenated alkanes) is 2. The zero-order valence-electron chi connectivity index (χ0n) is 43.6. The third-order valence-electron chi connectivity index (χ3n) is 13.1. The lowest BCUT2D eigenvalue weighted by Crippen LogP contribution is -2.54. The normalized spacial score (nSPS) is 12.9. The predicted octanol–water partition coefficient (Wildman–Crippen LogP) is 5.92. The van der Waals surface area contributed by atoms with Crippen molar-refractivity contribution >= 4 is 63.9 Å². The number of anilines is 1. The summed E-state index contributed by atoms with van der Waals surface area (Å²) in [5.41, 5.74) is 12.3. The number of carbonyl (C=O) groups excluding carboxylic acids is 7. The number of benzene rings is 2. The number of aromatic amines is 1. The molecule has 5 aromatic heterocycles. The van der Waals surface area contributed by atoms with Gasteiger partial charge in [0, 0.05) is 72.9 Å². The lowest BCUT2D eigenvalue weighted by Gasteiger charge is -2.25. The number of fused-ring (bicyclic) bond motifs is 2. The molecule has 1 aliphatic heterocycles. The van der Waals surface area contributed by atoms with Crippen LogP contribution < -0.4 is 27.0 Å². The number of rotatable bonds is 25. The number of aromatic nitrogens is 7. The van der Waals surface area contributed by atoms with Crippen molar-refractivity contribution in [2.24, 2.45) is 11.7 Å². The summed E-state index contributed by atoms with van der Waals surface area (Å²) in [6.07, 6.45) is 9.53. The van der Waals surface area contributed by atoms with Gasteiger partial charge in [-0.3, -0.25) is 38.8 Å². The number of nitrogens with zero attached hydrogens (tertiary/aromatic N) is 8. The fraction of sp³-hybridized carbons (Fsp3) is 0.321. The molecule has 0 aliphatic carbocycles. The molecule has 6 heterocycles. The first-order chi connectivity index (χ1) is 37.7. The number of amides is 8. The molecule has 7 N–H and O–H groups in total. The van der Waals surface area contributed by atoms with Crippen molar-refractivity contribution in [3.05, 3.63) is 138 Å². The standard InChI is InChI=1S/C56H62N14O8/c1-35(2)50(67-47(71)16-5-4-8-29-69-48(72)23-24-49(69)73)54(75)64-44(15-10-27-59-55(57)76)53(74)63-40-20-17-37(18-21-40)33-78-56(77)68(30-26-38-25-28-58-42-13-7-6-12-41(38)42)32-45-65-51(39-19-22-46-60-34-61-70(46)31-39)52(66-45)43-14-9-11-36(3)62-43/h6-7,9,11-14,17-25,28,31,34-35,44,50H,4-5,8,10,15-16,26-27,29-30,32-33H2,1-3H3,(H,63,74)(H,64,75)(H,65,66)(H,67,71)(H3,57,59,76)/t44-,50?/m0/s1. The number of urea groups is 1. The molecule has 8 amide bonds. The van der Waals surface area contributed by atoms with Crippen LogP contribution in [0.4, 0.5) is 15.3 Å². The Hall–Kier alpha value is -9.34. The average Bonchev–Trinajstić information content (AvgIpc) is 4.18. The zero-order chi connectivity index (χ0) is 55.1. The van der Waals surface area contributed by atoms with Gasteiger partial charge in [0.2, 0.25) is 17.7 Å². The highest BCUT2D eigenvalue weighted by atomic mass is 16.6. The molecule has 7 aromatic rings. The number of carbonyl (C=O) groups is 7. The SMILES string of the molecule is Cc1cccc(-c2nc(CN(CCc3ccnc4ccccc34)C(=O)OCc3ccc(NC(=O)[C@H](CCCNC(N)=O)NC(=O)C(NC(=O)CCCCCN4C(=O)C=CC4=O)C(C)C)cc3)[nH]c2-c2ccc3ncnn3c2)n1. The van der Waals surface area contributed by atoms with Gasteiger partial charge in [-0.05, 0) is 105 Å². The maximum atomic E-state index is 14.3. The fourth-order valence-corrected chi connectivity index (χ4v) is 8.94. The van der Waals surface area contributed by atoms with E-state index in [1.54, 1.807) is 53.7 Å². The van der Waals surface area contributed by atoms with Crippen molar-refractivity contribution in [2.75, 3.05) is 25.0 Å². The van der Waals surface area contributed by atoms with E-state index in [2.05, 4.69) is 41.3 Å². The van der Waals surface area contributed by atoms with Gasteiger partial charge in [-0.1, -0.05) is 56.7 Å². The number of hydrogen-bond acceptors (Lipinski definition) is 13. The Kier molecular flexibility index (Phi) is 18.3. The summed E-state index contributed by atoms with van der Waals surface area (Å²) in [6.45, 7) is 6.08. The van der Waals surface area contributed by atoms with E-state index in [0.29, 0.717) is 65.5 Å². The molecule has 0 radical (unpaired) electrons. The van der Waals surface area contributed by atoms with Gasteiger partial charge < -0.3 is 41.6 Å². The highest BCUT2D eigenvalue weighted by Crippen LogP contribution is 2.30. The predicted molar refractivity (Wildman–Crippen MR) is 289 cm³/mol. The summed E-state index contributed by atoms with van der Waals surface area (Å²) in [6, 6.07) is 23.2. The minimum Gasteiger partial charge on any atom is -0.445 e. The Morgan fingerprint density at radius 1 is 0.833 bits per heavy atom. The van der Waals surface area contributed by atoms with E-state index >= 15 is 0 Å². The number of para-hydroxylation sites is 1. The minimum atomic E-state index is -1.07. The highest BCUT2D eigenvalue weighted by Gasteiger charge is 2.30. The molecule has 404 valence electrons. The van der Waals surface area contributed by atoms with Gasteiger partial charge in [0.05, 0.1) is 23.4 Å². The van der Waals surface area contributed by atoms with Crippen LogP contribution in [0.25, 0.3) is 39.2 Å². The number of hydrogen-bond donors (Lipinski definition) is 6. The van der Waals surface area contributed by atoms with Crippen molar-refractivity contribution in [3.8, 4) is 22.6 Å². The Balaban J connectivity index is 0.921. The van der Waals surface area contributed by atoms with Crippen LogP contribution >= 0.6 is 0 Å². The molecule has 1 unspecified atom stereocenters. The molecule has 22 heteroatoms. The van der Waals surface area contributed by atoms with Crippen molar-refractivity contribution < 1.29 is 38.3 Å². The second-order valence-electron chi connectivity index (χ2n) is 19.2. The van der Waals surface area contributed by atoms with E-state index in [9.17, 15) is 33.6 Å². The zero-order valence-corrected chi connectivity index (χ0v) is 43.6. The van der Waals surface area contributed by atoms with Crippen molar-refractivity contribution in [3.63, 3.8) is 0 Å². The topological polar surface area (TPSA) is 294 Å². The number of pyridine rings is 3. The van der Waals surface area contributed by atoms with Gasteiger partial charge in [0.15, 0.2) is 5.65 Å². The summed E-state index contributed by atoms with van der Waals surface area (Å²) < 4.78 is 7.65. The molecule has 0 spiro atoms. The van der Waals surface area contributed by atoms with E-state index in [4.69, 9.17) is 20.4 Å². The van der Waals surface area contributed by atoms with Crippen LogP contribution in [0.5, 0.6) is 0 Å². The van der Waals surface area contributed by atoms with Crippen molar-refractivity contribution in [1.82, 2.24) is 60.3 Å². The lowest BCUT2D eigenvalue weighted by molar-refractivity contribution is -0.137. The monoisotopic (exact) mass is 1060 g/mol.